The van der Waals surface area contributed by atoms with Gasteiger partial charge < -0.3 is 0 Å². The van der Waals surface area contributed by atoms with Gasteiger partial charge in [-0.2, -0.15) is 0 Å². The Labute approximate surface area is 159 Å². The quantitative estimate of drug-likeness (QED) is 0.589. The van der Waals surface area contributed by atoms with Crippen molar-refractivity contribution in [2.45, 2.75) is 6.04 Å². The molecule has 5 rings (SSSR count). The number of nitro groups is 1. The van der Waals surface area contributed by atoms with Gasteiger partial charge in [0.25, 0.3) is 5.69 Å². The standard InChI is InChI=1S/C21H13N3O4/c25-19-13-3-1-2-4-14(13)20(26)17-15(19)9-10-16-18(17)23-21(22-16)11-5-7-12(8-6-11)24(27)28/h1-10,13-14,18H/t13-,14+,18+/m0/s1. The summed E-state index contributed by atoms with van der Waals surface area (Å²) in [7, 11) is 0. The van der Waals surface area contributed by atoms with Crippen LogP contribution in [0.15, 0.2) is 81.9 Å². The van der Waals surface area contributed by atoms with Crippen LogP contribution < -0.4 is 0 Å². The maximum absolute atomic E-state index is 13.1. The van der Waals surface area contributed by atoms with E-state index in [9.17, 15) is 19.7 Å². The molecule has 1 aromatic carbocycles. The summed E-state index contributed by atoms with van der Waals surface area (Å²) in [6, 6.07) is 5.33. The van der Waals surface area contributed by atoms with E-state index in [4.69, 9.17) is 0 Å². The highest BCUT2D eigenvalue weighted by Crippen LogP contribution is 2.39. The predicted octanol–water partition coefficient (Wildman–Crippen LogP) is 2.54. The third-order valence-electron chi connectivity index (χ3n) is 5.36. The highest BCUT2D eigenvalue weighted by molar-refractivity contribution is 6.27. The number of carbonyl (C=O) groups is 2. The van der Waals surface area contributed by atoms with Crippen molar-refractivity contribution in [3.05, 3.63) is 87.5 Å². The van der Waals surface area contributed by atoms with Gasteiger partial charge >= 0.3 is 0 Å². The van der Waals surface area contributed by atoms with Crippen LogP contribution in [0.1, 0.15) is 5.56 Å². The molecule has 0 fully saturated rings. The highest BCUT2D eigenvalue weighted by atomic mass is 16.6. The van der Waals surface area contributed by atoms with E-state index in [1.54, 1.807) is 48.6 Å². The average molecular weight is 371 g/mol. The zero-order valence-corrected chi connectivity index (χ0v) is 14.5. The molecule has 0 amide bonds. The molecule has 0 saturated heterocycles. The van der Waals surface area contributed by atoms with Gasteiger partial charge in [-0.05, 0) is 24.3 Å². The van der Waals surface area contributed by atoms with Crippen LogP contribution in [0.4, 0.5) is 5.69 Å². The number of non-ortho nitro benzene ring substituents is 1. The van der Waals surface area contributed by atoms with E-state index >= 15 is 0 Å². The van der Waals surface area contributed by atoms with E-state index < -0.39 is 22.8 Å². The molecular formula is C21H13N3O4. The number of fused-ring (bicyclic) bond motifs is 3. The molecule has 1 aromatic rings. The van der Waals surface area contributed by atoms with Crippen molar-refractivity contribution in [3.8, 4) is 0 Å². The van der Waals surface area contributed by atoms with Gasteiger partial charge in [0, 0.05) is 28.8 Å². The van der Waals surface area contributed by atoms with Gasteiger partial charge in [-0.3, -0.25) is 24.7 Å². The molecule has 0 bridgehead atoms. The van der Waals surface area contributed by atoms with Crippen LogP contribution in [0, 0.1) is 22.0 Å². The lowest BCUT2D eigenvalue weighted by molar-refractivity contribution is -0.384. The Hall–Kier alpha value is -3.74. The van der Waals surface area contributed by atoms with Crippen molar-refractivity contribution in [1.29, 1.82) is 0 Å². The van der Waals surface area contributed by atoms with E-state index in [1.807, 2.05) is 0 Å². The summed E-state index contributed by atoms with van der Waals surface area (Å²) >= 11 is 0. The number of carbonyl (C=O) groups excluding carboxylic acids is 2. The molecule has 4 aliphatic rings. The molecule has 7 nitrogen and oxygen atoms in total. The minimum Gasteiger partial charge on any atom is -0.294 e. The largest absolute Gasteiger partial charge is 0.294 e. The van der Waals surface area contributed by atoms with Crippen LogP contribution in [-0.4, -0.2) is 34.1 Å². The van der Waals surface area contributed by atoms with E-state index in [1.165, 1.54) is 12.1 Å². The zero-order valence-electron chi connectivity index (χ0n) is 14.5. The van der Waals surface area contributed by atoms with Crippen molar-refractivity contribution in [2.75, 3.05) is 0 Å². The molecule has 0 radical (unpaired) electrons. The van der Waals surface area contributed by atoms with Gasteiger partial charge in [0.05, 0.1) is 22.5 Å². The number of allylic oxidation sites excluding steroid dienone is 6. The van der Waals surface area contributed by atoms with Gasteiger partial charge in [-0.1, -0.05) is 24.3 Å². The number of nitrogens with zero attached hydrogens (tertiary/aromatic N) is 3. The SMILES string of the molecule is O=C1C2=C(C(=O)[C@@H]3C=CC=C[C@H]13)[C@@H]1N=C(c3ccc([N+](=O)[O-])cc3)N=C1C=C2. The van der Waals surface area contributed by atoms with Crippen LogP contribution in [-0.2, 0) is 9.59 Å². The smallest absolute Gasteiger partial charge is 0.269 e. The number of hydrogen-bond acceptors (Lipinski definition) is 6. The van der Waals surface area contributed by atoms with Crippen LogP contribution in [0.25, 0.3) is 0 Å². The van der Waals surface area contributed by atoms with Crippen molar-refractivity contribution in [1.82, 2.24) is 0 Å². The maximum Gasteiger partial charge on any atom is 0.269 e. The molecule has 7 heteroatoms. The summed E-state index contributed by atoms with van der Waals surface area (Å²) in [6.07, 6.45) is 10.5. The number of nitro benzene ring substituents is 1. The number of rotatable bonds is 2. The van der Waals surface area contributed by atoms with Gasteiger partial charge in [-0.15, -0.1) is 0 Å². The van der Waals surface area contributed by atoms with E-state index in [0.29, 0.717) is 28.3 Å². The first-order chi connectivity index (χ1) is 13.5. The Bertz CT molecular complexity index is 1130. The molecule has 3 aliphatic carbocycles. The van der Waals surface area contributed by atoms with E-state index in [-0.39, 0.29) is 17.3 Å². The lowest BCUT2D eigenvalue weighted by atomic mass is 9.69. The Morgan fingerprint density at radius 2 is 1.61 bits per heavy atom. The third kappa shape index (κ3) is 2.29. The molecule has 1 heterocycles. The normalized spacial score (nSPS) is 27.2. The highest BCUT2D eigenvalue weighted by Gasteiger charge is 2.46. The fourth-order valence-electron chi connectivity index (χ4n) is 3.97. The maximum atomic E-state index is 13.1. The summed E-state index contributed by atoms with van der Waals surface area (Å²) in [5.74, 6) is -0.735. The second kappa shape index (κ2) is 5.88. The number of ketones is 2. The number of hydrogen-bond donors (Lipinski definition) is 0. The Balaban J connectivity index is 1.56. The predicted molar refractivity (Wildman–Crippen MR) is 102 cm³/mol. The lowest BCUT2D eigenvalue weighted by Crippen LogP contribution is -2.41. The molecule has 0 spiro atoms. The number of Topliss-reactive ketones (excluding diaryl/α,β-unsaturated/α-hetero) is 2. The van der Waals surface area contributed by atoms with Gasteiger partial charge in [0.1, 0.15) is 6.04 Å². The summed E-state index contributed by atoms with van der Waals surface area (Å²) in [5.41, 5.74) is 2.00. The fraction of sp³-hybridized carbons (Fsp3) is 0.143. The molecule has 3 atom stereocenters. The molecule has 0 N–H and O–H groups in total. The van der Waals surface area contributed by atoms with Gasteiger partial charge in [0.2, 0.25) is 0 Å². The first-order valence-electron chi connectivity index (χ1n) is 8.81. The van der Waals surface area contributed by atoms with Crippen molar-refractivity contribution in [3.63, 3.8) is 0 Å². The third-order valence-corrected chi connectivity index (χ3v) is 5.36. The summed E-state index contributed by atoms with van der Waals surface area (Å²) < 4.78 is 0. The lowest BCUT2D eigenvalue weighted by Gasteiger charge is -2.32. The van der Waals surface area contributed by atoms with Crippen molar-refractivity contribution < 1.29 is 14.5 Å². The summed E-state index contributed by atoms with van der Waals surface area (Å²) in [4.78, 5) is 45.4. The Kier molecular flexibility index (Phi) is 3.45. The molecular weight excluding hydrogens is 358 g/mol. The summed E-state index contributed by atoms with van der Waals surface area (Å²) in [5, 5.41) is 10.8. The number of amidine groups is 1. The zero-order chi connectivity index (χ0) is 19.4. The topological polar surface area (TPSA) is 102 Å². The number of aliphatic imine (C=N–C) groups is 2. The average Bonchev–Trinajstić information content (AvgIpc) is 3.16. The Morgan fingerprint density at radius 3 is 2.29 bits per heavy atom. The molecule has 136 valence electrons. The first kappa shape index (κ1) is 16.4. The van der Waals surface area contributed by atoms with E-state index in [2.05, 4.69) is 9.98 Å². The number of benzene rings is 1. The van der Waals surface area contributed by atoms with Crippen LogP contribution in [0.5, 0.6) is 0 Å². The van der Waals surface area contributed by atoms with Crippen LogP contribution >= 0.6 is 0 Å². The molecule has 0 aromatic heterocycles. The second-order valence-corrected chi connectivity index (χ2v) is 6.91. The molecule has 0 saturated carbocycles. The summed E-state index contributed by atoms with van der Waals surface area (Å²) in [6.45, 7) is 0. The molecule has 28 heavy (non-hydrogen) atoms. The van der Waals surface area contributed by atoms with Crippen molar-refractivity contribution >= 4 is 28.8 Å². The van der Waals surface area contributed by atoms with Gasteiger partial charge in [-0.25, -0.2) is 4.99 Å². The minimum absolute atomic E-state index is 0.0199. The Morgan fingerprint density at radius 1 is 0.929 bits per heavy atom. The van der Waals surface area contributed by atoms with Crippen molar-refractivity contribution in [2.24, 2.45) is 21.8 Å². The second-order valence-electron chi connectivity index (χ2n) is 6.91. The molecule has 0 unspecified atom stereocenters. The van der Waals surface area contributed by atoms with Gasteiger partial charge in [0.15, 0.2) is 17.4 Å². The molecule has 1 aliphatic heterocycles. The van der Waals surface area contributed by atoms with E-state index in [0.717, 1.165) is 0 Å². The monoisotopic (exact) mass is 371 g/mol. The fourth-order valence-corrected chi connectivity index (χ4v) is 3.97. The first-order valence-corrected chi connectivity index (χ1v) is 8.81. The van der Waals surface area contributed by atoms with Crippen LogP contribution in [0.3, 0.4) is 0 Å². The van der Waals surface area contributed by atoms with Crippen LogP contribution in [0.2, 0.25) is 0 Å². The minimum atomic E-state index is -0.609.